The molecular formula is C14H19ClN2. The number of nitrogens with zero attached hydrogens (tertiary/aromatic N) is 2. The lowest BCUT2D eigenvalue weighted by Gasteiger charge is -2.09. The summed E-state index contributed by atoms with van der Waals surface area (Å²) in [6.45, 7) is 6.49. The zero-order valence-electron chi connectivity index (χ0n) is 10.9. The molecule has 0 atom stereocenters. The van der Waals surface area contributed by atoms with Crippen LogP contribution in [0.2, 0.25) is 5.02 Å². The van der Waals surface area contributed by atoms with Crippen LogP contribution >= 0.6 is 11.6 Å². The number of hydrogen-bond donors (Lipinski definition) is 0. The third kappa shape index (κ3) is 2.06. The van der Waals surface area contributed by atoms with Gasteiger partial charge in [-0.15, -0.1) is 0 Å². The molecular weight excluding hydrogens is 232 g/mol. The van der Waals surface area contributed by atoms with E-state index in [1.807, 2.05) is 24.7 Å². The van der Waals surface area contributed by atoms with E-state index in [0.717, 1.165) is 28.9 Å². The molecule has 0 aliphatic heterocycles. The molecule has 0 fully saturated rings. The van der Waals surface area contributed by atoms with Crippen LogP contribution in [0.1, 0.15) is 43.9 Å². The van der Waals surface area contributed by atoms with Gasteiger partial charge in [-0.25, -0.2) is 0 Å². The van der Waals surface area contributed by atoms with Crippen LogP contribution < -0.4 is 0 Å². The van der Waals surface area contributed by atoms with Crippen molar-refractivity contribution in [2.24, 2.45) is 7.05 Å². The van der Waals surface area contributed by atoms with Crippen LogP contribution in [-0.2, 0) is 7.05 Å². The largest absolute Gasteiger partial charge is 0.268 e. The van der Waals surface area contributed by atoms with E-state index < -0.39 is 0 Å². The molecule has 0 N–H and O–H groups in total. The summed E-state index contributed by atoms with van der Waals surface area (Å²) in [5.41, 5.74) is 3.47. The van der Waals surface area contributed by atoms with E-state index in [9.17, 15) is 0 Å². The van der Waals surface area contributed by atoms with Crippen molar-refractivity contribution in [3.05, 3.63) is 28.4 Å². The fraction of sp³-hybridized carbons (Fsp3) is 0.500. The quantitative estimate of drug-likeness (QED) is 0.788. The van der Waals surface area contributed by atoms with E-state index >= 15 is 0 Å². The number of hydrogen-bond acceptors (Lipinski definition) is 1. The Bertz CT molecular complexity index is 539. The van der Waals surface area contributed by atoms with Crippen molar-refractivity contribution < 1.29 is 0 Å². The minimum Gasteiger partial charge on any atom is -0.268 e. The van der Waals surface area contributed by atoms with Crippen LogP contribution in [0.4, 0.5) is 0 Å². The fourth-order valence-electron chi connectivity index (χ4n) is 2.39. The third-order valence-corrected chi connectivity index (χ3v) is 3.94. The molecule has 1 heterocycles. The highest BCUT2D eigenvalue weighted by atomic mass is 35.5. The molecule has 2 nitrogen and oxygen atoms in total. The zero-order valence-corrected chi connectivity index (χ0v) is 11.7. The zero-order chi connectivity index (χ0) is 12.6. The molecule has 0 aliphatic rings. The molecule has 0 amide bonds. The van der Waals surface area contributed by atoms with Crippen molar-refractivity contribution in [3.63, 3.8) is 0 Å². The maximum absolute atomic E-state index is 6.18. The summed E-state index contributed by atoms with van der Waals surface area (Å²) in [7, 11) is 1.99. The molecule has 0 bridgehead atoms. The first-order valence-electron chi connectivity index (χ1n) is 6.21. The molecule has 0 aliphatic carbocycles. The van der Waals surface area contributed by atoms with Gasteiger partial charge in [0.15, 0.2) is 0 Å². The molecule has 17 heavy (non-hydrogen) atoms. The Labute approximate surface area is 108 Å². The average molecular weight is 251 g/mol. The van der Waals surface area contributed by atoms with E-state index in [1.54, 1.807) is 0 Å². The summed E-state index contributed by atoms with van der Waals surface area (Å²) in [5.74, 6) is 0.541. The van der Waals surface area contributed by atoms with Crippen molar-refractivity contribution in [2.45, 2.75) is 39.5 Å². The highest BCUT2D eigenvalue weighted by molar-refractivity contribution is 6.32. The van der Waals surface area contributed by atoms with E-state index in [2.05, 4.69) is 25.0 Å². The van der Waals surface area contributed by atoms with Gasteiger partial charge in [0.1, 0.15) is 0 Å². The normalized spacial score (nSPS) is 11.6. The van der Waals surface area contributed by atoms with Crippen LogP contribution in [0, 0.1) is 6.92 Å². The molecule has 0 saturated carbocycles. The highest BCUT2D eigenvalue weighted by Gasteiger charge is 2.16. The SMILES string of the molecule is CCC(CC)c1nn(C)c2cc(Cl)c(C)cc12. The average Bonchev–Trinajstić information content (AvgIpc) is 2.60. The lowest BCUT2D eigenvalue weighted by Crippen LogP contribution is -1.98. The second kappa shape index (κ2) is 4.69. The van der Waals surface area contributed by atoms with Crippen LogP contribution in [0.3, 0.4) is 0 Å². The minimum absolute atomic E-state index is 0.541. The molecule has 3 heteroatoms. The van der Waals surface area contributed by atoms with Crippen molar-refractivity contribution in [2.75, 3.05) is 0 Å². The molecule has 0 spiro atoms. The van der Waals surface area contributed by atoms with Gasteiger partial charge < -0.3 is 0 Å². The second-order valence-electron chi connectivity index (χ2n) is 4.64. The summed E-state index contributed by atoms with van der Waals surface area (Å²) in [6, 6.07) is 4.18. The maximum atomic E-state index is 6.18. The first-order chi connectivity index (χ1) is 8.08. The summed E-state index contributed by atoms with van der Waals surface area (Å²) in [5, 5.41) is 6.74. The number of halogens is 1. The number of rotatable bonds is 3. The molecule has 1 aromatic heterocycles. The van der Waals surface area contributed by atoms with E-state index in [-0.39, 0.29) is 0 Å². The van der Waals surface area contributed by atoms with Crippen molar-refractivity contribution >= 4 is 22.5 Å². The van der Waals surface area contributed by atoms with Gasteiger partial charge in [0.25, 0.3) is 0 Å². The van der Waals surface area contributed by atoms with Gasteiger partial charge in [-0.3, -0.25) is 4.68 Å². The Hall–Kier alpha value is -1.02. The Morgan fingerprint density at radius 2 is 1.94 bits per heavy atom. The first kappa shape index (κ1) is 12.4. The first-order valence-corrected chi connectivity index (χ1v) is 6.59. The van der Waals surface area contributed by atoms with Gasteiger partial charge in [-0.2, -0.15) is 5.10 Å². The highest BCUT2D eigenvalue weighted by Crippen LogP contribution is 2.32. The van der Waals surface area contributed by atoms with Gasteiger partial charge in [0.05, 0.1) is 11.2 Å². The lowest BCUT2D eigenvalue weighted by atomic mass is 9.96. The summed E-state index contributed by atoms with van der Waals surface area (Å²) in [4.78, 5) is 0. The van der Waals surface area contributed by atoms with Gasteiger partial charge in [0.2, 0.25) is 0 Å². The van der Waals surface area contributed by atoms with E-state index in [1.165, 1.54) is 11.1 Å². The second-order valence-corrected chi connectivity index (χ2v) is 5.05. The predicted octanol–water partition coefficient (Wildman–Crippen LogP) is 4.44. The van der Waals surface area contributed by atoms with Crippen LogP contribution in [0.15, 0.2) is 12.1 Å². The monoisotopic (exact) mass is 250 g/mol. The standard InChI is InChI=1S/C14H19ClN2/c1-5-10(6-2)14-11-7-9(3)12(15)8-13(11)17(4)16-14/h7-8,10H,5-6H2,1-4H3. The predicted molar refractivity (Wildman–Crippen MR) is 73.8 cm³/mol. The summed E-state index contributed by atoms with van der Waals surface area (Å²) < 4.78 is 1.94. The molecule has 0 radical (unpaired) electrons. The Balaban J connectivity index is 2.69. The van der Waals surface area contributed by atoms with Crippen LogP contribution in [-0.4, -0.2) is 9.78 Å². The Morgan fingerprint density at radius 1 is 1.29 bits per heavy atom. The van der Waals surface area contributed by atoms with Gasteiger partial charge in [0, 0.05) is 23.4 Å². The van der Waals surface area contributed by atoms with Gasteiger partial charge in [-0.1, -0.05) is 25.4 Å². The molecule has 0 saturated heterocycles. The summed E-state index contributed by atoms with van der Waals surface area (Å²) >= 11 is 6.18. The number of aryl methyl sites for hydroxylation is 2. The van der Waals surface area contributed by atoms with E-state index in [4.69, 9.17) is 11.6 Å². The number of aromatic nitrogens is 2. The summed E-state index contributed by atoms with van der Waals surface area (Å²) in [6.07, 6.45) is 2.26. The molecule has 92 valence electrons. The minimum atomic E-state index is 0.541. The van der Waals surface area contributed by atoms with Crippen molar-refractivity contribution in [1.29, 1.82) is 0 Å². The molecule has 2 rings (SSSR count). The number of fused-ring (bicyclic) bond motifs is 1. The van der Waals surface area contributed by atoms with E-state index in [0.29, 0.717) is 5.92 Å². The molecule has 0 unspecified atom stereocenters. The Kier molecular flexibility index (Phi) is 3.43. The maximum Gasteiger partial charge on any atom is 0.0734 e. The van der Waals surface area contributed by atoms with Gasteiger partial charge >= 0.3 is 0 Å². The molecule has 2 aromatic rings. The fourth-order valence-corrected chi connectivity index (χ4v) is 2.55. The van der Waals surface area contributed by atoms with Crippen molar-refractivity contribution in [3.8, 4) is 0 Å². The molecule has 1 aromatic carbocycles. The Morgan fingerprint density at radius 3 is 2.53 bits per heavy atom. The smallest absolute Gasteiger partial charge is 0.0734 e. The number of benzene rings is 1. The van der Waals surface area contributed by atoms with Crippen LogP contribution in [0.25, 0.3) is 10.9 Å². The third-order valence-electron chi connectivity index (χ3n) is 3.53. The topological polar surface area (TPSA) is 17.8 Å². The van der Waals surface area contributed by atoms with Gasteiger partial charge in [-0.05, 0) is 37.5 Å². The van der Waals surface area contributed by atoms with Crippen molar-refractivity contribution in [1.82, 2.24) is 9.78 Å². The lowest BCUT2D eigenvalue weighted by molar-refractivity contribution is 0.609. The van der Waals surface area contributed by atoms with Crippen LogP contribution in [0.5, 0.6) is 0 Å².